The first kappa shape index (κ1) is 13.8. The van der Waals surface area contributed by atoms with Gasteiger partial charge in [0.05, 0.1) is 36.6 Å². The van der Waals surface area contributed by atoms with Gasteiger partial charge in [-0.05, 0) is 36.4 Å². The molecular weight excluding hydrogens is 310 g/mol. The molecular formula is C17H13N3O2S. The van der Waals surface area contributed by atoms with Crippen molar-refractivity contribution >= 4 is 17.0 Å². The number of nitrogens with zero attached hydrogens (tertiary/aromatic N) is 3. The molecule has 0 aliphatic heterocycles. The van der Waals surface area contributed by atoms with E-state index in [0.29, 0.717) is 6.54 Å². The van der Waals surface area contributed by atoms with Gasteiger partial charge in [0.2, 0.25) is 0 Å². The molecule has 0 radical (unpaired) electrons. The smallest absolute Gasteiger partial charge is 0.190 e. The van der Waals surface area contributed by atoms with E-state index < -0.39 is 0 Å². The van der Waals surface area contributed by atoms with Crippen molar-refractivity contribution in [3.8, 4) is 11.5 Å². The van der Waals surface area contributed by atoms with Gasteiger partial charge in [0.25, 0.3) is 0 Å². The van der Waals surface area contributed by atoms with Crippen LogP contribution in [0.3, 0.4) is 0 Å². The molecule has 0 saturated heterocycles. The second-order valence-corrected chi connectivity index (χ2v) is 5.71. The number of pyridine rings is 1. The average Bonchev–Trinajstić information content (AvgIpc) is 3.32. The maximum atomic E-state index is 5.54. The Morgan fingerprint density at radius 1 is 1.09 bits per heavy atom. The van der Waals surface area contributed by atoms with Crippen LogP contribution in [0.4, 0.5) is 5.69 Å². The molecule has 23 heavy (non-hydrogen) atoms. The average molecular weight is 323 g/mol. The number of hydrogen-bond acceptors (Lipinski definition) is 5. The third-order valence-electron chi connectivity index (χ3n) is 3.34. The highest BCUT2D eigenvalue weighted by Gasteiger charge is 2.12. The normalized spacial score (nSPS) is 11.9. The second kappa shape index (κ2) is 6.10. The van der Waals surface area contributed by atoms with Crippen LogP contribution in [0.2, 0.25) is 0 Å². The molecule has 4 heterocycles. The highest BCUT2D eigenvalue weighted by atomic mass is 32.1. The van der Waals surface area contributed by atoms with Crippen LogP contribution in [0.25, 0.3) is 11.5 Å². The Bertz CT molecular complexity index is 936. The van der Waals surface area contributed by atoms with E-state index in [0.717, 1.165) is 27.7 Å². The Kier molecular flexibility index (Phi) is 3.65. The van der Waals surface area contributed by atoms with E-state index in [2.05, 4.69) is 14.5 Å². The van der Waals surface area contributed by atoms with E-state index in [1.54, 1.807) is 36.3 Å². The quantitative estimate of drug-likeness (QED) is 0.568. The lowest BCUT2D eigenvalue weighted by Crippen LogP contribution is -2.16. The molecule has 4 aromatic rings. The van der Waals surface area contributed by atoms with E-state index >= 15 is 0 Å². The molecule has 0 fully saturated rings. The van der Waals surface area contributed by atoms with Gasteiger partial charge in [-0.15, -0.1) is 11.3 Å². The maximum Gasteiger partial charge on any atom is 0.190 e. The molecule has 4 aromatic heterocycles. The van der Waals surface area contributed by atoms with Gasteiger partial charge >= 0.3 is 0 Å². The van der Waals surface area contributed by atoms with Crippen molar-refractivity contribution < 1.29 is 8.83 Å². The third-order valence-corrected chi connectivity index (χ3v) is 4.20. The van der Waals surface area contributed by atoms with Gasteiger partial charge in [-0.2, -0.15) is 0 Å². The summed E-state index contributed by atoms with van der Waals surface area (Å²) in [5.41, 5.74) is 1.78. The Hall–Kier alpha value is -2.86. The van der Waals surface area contributed by atoms with Crippen LogP contribution in [-0.4, -0.2) is 9.55 Å². The fraction of sp³-hybridized carbons (Fsp3) is 0.0588. The molecule has 0 N–H and O–H groups in total. The van der Waals surface area contributed by atoms with E-state index in [9.17, 15) is 0 Å². The van der Waals surface area contributed by atoms with Crippen LogP contribution in [0, 0.1) is 0 Å². The minimum atomic E-state index is 0.589. The Morgan fingerprint density at radius 3 is 2.74 bits per heavy atom. The Balaban J connectivity index is 1.84. The number of aromatic nitrogens is 2. The first-order valence-electron chi connectivity index (χ1n) is 7.09. The minimum absolute atomic E-state index is 0.589. The van der Waals surface area contributed by atoms with E-state index in [-0.39, 0.29) is 0 Å². The van der Waals surface area contributed by atoms with Crippen molar-refractivity contribution in [2.24, 2.45) is 4.99 Å². The van der Waals surface area contributed by atoms with Crippen LogP contribution in [-0.2, 0) is 6.54 Å². The molecule has 0 spiro atoms. The van der Waals surface area contributed by atoms with Crippen LogP contribution in [0.15, 0.2) is 80.5 Å². The van der Waals surface area contributed by atoms with Gasteiger partial charge in [0, 0.05) is 11.6 Å². The Morgan fingerprint density at radius 2 is 2.00 bits per heavy atom. The molecule has 0 unspecified atom stereocenters. The summed E-state index contributed by atoms with van der Waals surface area (Å²) in [4.78, 5) is 9.66. The summed E-state index contributed by atoms with van der Waals surface area (Å²) in [6.07, 6.45) is 6.82. The second-order valence-electron chi connectivity index (χ2n) is 4.87. The van der Waals surface area contributed by atoms with Crippen LogP contribution < -0.4 is 4.80 Å². The zero-order valence-electron chi connectivity index (χ0n) is 12.1. The largest absolute Gasteiger partial charge is 0.467 e. The molecule has 0 bridgehead atoms. The van der Waals surface area contributed by atoms with Gasteiger partial charge in [-0.3, -0.25) is 4.98 Å². The first-order valence-corrected chi connectivity index (χ1v) is 7.97. The van der Waals surface area contributed by atoms with Gasteiger partial charge in [0.15, 0.2) is 10.6 Å². The van der Waals surface area contributed by atoms with Gasteiger partial charge in [0.1, 0.15) is 5.76 Å². The molecule has 114 valence electrons. The van der Waals surface area contributed by atoms with E-state index in [1.807, 2.05) is 41.8 Å². The van der Waals surface area contributed by atoms with Gasteiger partial charge in [-0.1, -0.05) is 0 Å². The number of hydrogen-bond donors (Lipinski definition) is 0. The predicted molar refractivity (Wildman–Crippen MR) is 87.3 cm³/mol. The fourth-order valence-electron chi connectivity index (χ4n) is 2.28. The molecule has 0 aromatic carbocycles. The molecule has 4 rings (SSSR count). The lowest BCUT2D eigenvalue weighted by Gasteiger charge is -2.05. The monoisotopic (exact) mass is 323 g/mol. The van der Waals surface area contributed by atoms with Crippen LogP contribution in [0.1, 0.15) is 5.76 Å². The molecule has 5 nitrogen and oxygen atoms in total. The van der Waals surface area contributed by atoms with E-state index in [1.165, 1.54) is 0 Å². The first-order chi connectivity index (χ1) is 11.4. The van der Waals surface area contributed by atoms with Crippen molar-refractivity contribution in [2.45, 2.75) is 6.54 Å². The summed E-state index contributed by atoms with van der Waals surface area (Å²) >= 11 is 1.56. The highest BCUT2D eigenvalue weighted by Crippen LogP contribution is 2.22. The van der Waals surface area contributed by atoms with Gasteiger partial charge in [-0.25, -0.2) is 4.99 Å². The van der Waals surface area contributed by atoms with E-state index in [4.69, 9.17) is 8.83 Å². The molecule has 6 heteroatoms. The molecule has 0 aliphatic carbocycles. The standard InChI is InChI=1S/C17H13N3O2S/c1-4-13(10-18-7-1)19-17-20(11-14-5-2-8-21-14)15(12-23-17)16-6-3-9-22-16/h1-10,12H,11H2. The van der Waals surface area contributed by atoms with Gasteiger partial charge < -0.3 is 13.4 Å². The van der Waals surface area contributed by atoms with Crippen LogP contribution in [0.5, 0.6) is 0 Å². The summed E-state index contributed by atoms with van der Waals surface area (Å²) < 4.78 is 13.1. The number of thiazole rings is 1. The van der Waals surface area contributed by atoms with Crippen molar-refractivity contribution in [3.05, 3.63) is 77.3 Å². The number of rotatable bonds is 4. The number of furan rings is 2. The summed E-state index contributed by atoms with van der Waals surface area (Å²) in [6, 6.07) is 11.4. The maximum absolute atomic E-state index is 5.54. The molecule has 0 aliphatic rings. The van der Waals surface area contributed by atoms with Crippen molar-refractivity contribution in [2.75, 3.05) is 0 Å². The fourth-order valence-corrected chi connectivity index (χ4v) is 3.19. The summed E-state index contributed by atoms with van der Waals surface area (Å²) in [7, 11) is 0. The Labute approximate surface area is 136 Å². The van der Waals surface area contributed by atoms with Crippen molar-refractivity contribution in [1.82, 2.24) is 9.55 Å². The zero-order chi connectivity index (χ0) is 15.5. The summed E-state index contributed by atoms with van der Waals surface area (Å²) in [5, 5.41) is 2.04. The van der Waals surface area contributed by atoms with Crippen molar-refractivity contribution in [3.63, 3.8) is 0 Å². The molecule has 0 amide bonds. The molecule has 0 atom stereocenters. The lowest BCUT2D eigenvalue weighted by molar-refractivity contribution is 0.489. The predicted octanol–water partition coefficient (Wildman–Crippen LogP) is 4.08. The lowest BCUT2D eigenvalue weighted by atomic mass is 10.3. The minimum Gasteiger partial charge on any atom is -0.467 e. The summed E-state index contributed by atoms with van der Waals surface area (Å²) in [6.45, 7) is 0.589. The van der Waals surface area contributed by atoms with Crippen LogP contribution >= 0.6 is 11.3 Å². The zero-order valence-corrected chi connectivity index (χ0v) is 12.9. The summed E-state index contributed by atoms with van der Waals surface area (Å²) in [5.74, 6) is 1.67. The third kappa shape index (κ3) is 2.89. The SMILES string of the molecule is c1cncc(N=c2scc(-c3ccco3)n2Cc2ccco2)c1. The van der Waals surface area contributed by atoms with Crippen molar-refractivity contribution in [1.29, 1.82) is 0 Å². The topological polar surface area (TPSA) is 56.5 Å². The molecule has 0 saturated carbocycles. The highest BCUT2D eigenvalue weighted by molar-refractivity contribution is 7.07.